The summed E-state index contributed by atoms with van der Waals surface area (Å²) in [7, 11) is 0. The van der Waals surface area contributed by atoms with Crippen LogP contribution < -0.4 is 0 Å². The molecule has 1 fully saturated rings. The topological polar surface area (TPSA) is 54.3 Å². The largest absolute Gasteiger partial charge is 0.336 e. The van der Waals surface area contributed by atoms with Crippen molar-refractivity contribution >= 4 is 5.91 Å². The fraction of sp³-hybridized carbons (Fsp3) is 0.318. The number of carbonyl (C=O) groups is 1. The van der Waals surface area contributed by atoms with Gasteiger partial charge in [0.2, 0.25) is 0 Å². The summed E-state index contributed by atoms with van der Waals surface area (Å²) in [5.74, 6) is -0.714. The van der Waals surface area contributed by atoms with E-state index in [1.165, 1.54) is 22.9 Å². The van der Waals surface area contributed by atoms with Gasteiger partial charge in [-0.2, -0.15) is 0 Å². The smallest absolute Gasteiger partial charge is 0.276 e. The van der Waals surface area contributed by atoms with Gasteiger partial charge in [-0.05, 0) is 43.7 Å². The maximum atomic E-state index is 14.0. The van der Waals surface area contributed by atoms with Crippen LogP contribution in [0.25, 0.3) is 5.69 Å². The van der Waals surface area contributed by atoms with E-state index < -0.39 is 0 Å². The zero-order chi connectivity index (χ0) is 21.1. The number of rotatable bonds is 4. The molecule has 2 aromatic carbocycles. The Balaban J connectivity index is 1.44. The van der Waals surface area contributed by atoms with Gasteiger partial charge in [0, 0.05) is 38.3 Å². The molecule has 30 heavy (non-hydrogen) atoms. The van der Waals surface area contributed by atoms with Crippen LogP contribution in [0.3, 0.4) is 0 Å². The molecular weight excluding hydrogens is 388 g/mol. The molecule has 1 aliphatic rings. The first kappa shape index (κ1) is 20.2. The monoisotopic (exact) mass is 411 g/mol. The highest BCUT2D eigenvalue weighted by Crippen LogP contribution is 2.17. The number of carbonyl (C=O) groups excluding carboxylic acids is 1. The van der Waals surface area contributed by atoms with E-state index in [-0.39, 0.29) is 17.5 Å². The lowest BCUT2D eigenvalue weighted by Gasteiger charge is -2.21. The second-order valence-electron chi connectivity index (χ2n) is 7.42. The minimum absolute atomic E-state index is 0.173. The Morgan fingerprint density at radius 2 is 1.77 bits per heavy atom. The Labute approximate surface area is 173 Å². The first-order valence-electron chi connectivity index (χ1n) is 9.96. The van der Waals surface area contributed by atoms with E-state index >= 15 is 0 Å². The van der Waals surface area contributed by atoms with Gasteiger partial charge in [-0.15, -0.1) is 5.10 Å². The zero-order valence-electron chi connectivity index (χ0n) is 16.8. The summed E-state index contributed by atoms with van der Waals surface area (Å²) in [5, 5.41) is 8.16. The maximum Gasteiger partial charge on any atom is 0.276 e. The van der Waals surface area contributed by atoms with Crippen molar-refractivity contribution in [1.29, 1.82) is 0 Å². The molecule has 0 bridgehead atoms. The fourth-order valence-corrected chi connectivity index (χ4v) is 3.70. The van der Waals surface area contributed by atoms with Crippen LogP contribution in [0.1, 0.15) is 28.2 Å². The Kier molecular flexibility index (Phi) is 5.85. The average molecular weight is 411 g/mol. The van der Waals surface area contributed by atoms with E-state index in [1.807, 2.05) is 6.07 Å². The Morgan fingerprint density at radius 3 is 2.53 bits per heavy atom. The van der Waals surface area contributed by atoms with Crippen LogP contribution in [0.15, 0.2) is 48.5 Å². The number of hydrogen-bond acceptors (Lipinski definition) is 4. The maximum absolute atomic E-state index is 14.0. The van der Waals surface area contributed by atoms with Crippen LogP contribution in [-0.4, -0.2) is 56.9 Å². The van der Waals surface area contributed by atoms with Crippen molar-refractivity contribution < 1.29 is 13.6 Å². The van der Waals surface area contributed by atoms with Gasteiger partial charge in [-0.25, -0.2) is 13.5 Å². The lowest BCUT2D eigenvalue weighted by molar-refractivity contribution is 0.0754. The molecule has 3 aromatic rings. The van der Waals surface area contributed by atoms with Crippen LogP contribution in [0.4, 0.5) is 8.78 Å². The summed E-state index contributed by atoms with van der Waals surface area (Å²) in [4.78, 5) is 17.0. The molecule has 2 heterocycles. The first-order chi connectivity index (χ1) is 14.5. The van der Waals surface area contributed by atoms with Gasteiger partial charge in [-0.3, -0.25) is 9.69 Å². The highest BCUT2D eigenvalue weighted by molar-refractivity contribution is 5.93. The standard InChI is InChI=1S/C22H23F2N5O/c1-16-21(25-26-29(16)19-9-7-18(23)8-10-19)22(30)28-12-4-11-27(13-14-28)15-17-5-2-3-6-20(17)24/h2-3,5-10H,4,11-15H2,1H3. The van der Waals surface area contributed by atoms with Crippen LogP contribution in [0.2, 0.25) is 0 Å². The normalized spacial score (nSPS) is 15.2. The summed E-state index contributed by atoms with van der Waals surface area (Å²) in [6.07, 6.45) is 0.797. The van der Waals surface area contributed by atoms with Gasteiger partial charge in [0.05, 0.1) is 11.4 Å². The van der Waals surface area contributed by atoms with Gasteiger partial charge in [0.1, 0.15) is 11.6 Å². The van der Waals surface area contributed by atoms with Gasteiger partial charge in [0.15, 0.2) is 5.69 Å². The quantitative estimate of drug-likeness (QED) is 0.662. The van der Waals surface area contributed by atoms with Crippen molar-refractivity contribution in [2.75, 3.05) is 26.2 Å². The fourth-order valence-electron chi connectivity index (χ4n) is 3.70. The molecule has 1 aliphatic heterocycles. The van der Waals surface area contributed by atoms with Crippen LogP contribution in [0.5, 0.6) is 0 Å². The van der Waals surface area contributed by atoms with Gasteiger partial charge < -0.3 is 4.90 Å². The van der Waals surface area contributed by atoms with Gasteiger partial charge >= 0.3 is 0 Å². The third-order valence-electron chi connectivity index (χ3n) is 5.40. The third kappa shape index (κ3) is 4.23. The predicted molar refractivity (Wildman–Crippen MR) is 108 cm³/mol. The minimum Gasteiger partial charge on any atom is -0.336 e. The molecule has 0 unspecified atom stereocenters. The number of benzene rings is 2. The third-order valence-corrected chi connectivity index (χ3v) is 5.40. The molecule has 0 aliphatic carbocycles. The van der Waals surface area contributed by atoms with Crippen molar-refractivity contribution in [2.45, 2.75) is 19.9 Å². The lowest BCUT2D eigenvalue weighted by Crippen LogP contribution is -2.35. The number of amides is 1. The molecule has 6 nitrogen and oxygen atoms in total. The minimum atomic E-state index is -0.336. The van der Waals surface area contributed by atoms with Crippen LogP contribution in [-0.2, 0) is 6.54 Å². The molecule has 0 spiro atoms. The SMILES string of the molecule is Cc1c(C(=O)N2CCCN(Cc3ccccc3F)CC2)nnn1-c1ccc(F)cc1. The molecule has 1 aromatic heterocycles. The molecule has 1 amide bonds. The van der Waals surface area contributed by atoms with E-state index in [2.05, 4.69) is 15.2 Å². The molecule has 8 heteroatoms. The number of aromatic nitrogens is 3. The van der Waals surface area contributed by atoms with E-state index in [0.717, 1.165) is 13.0 Å². The summed E-state index contributed by atoms with van der Waals surface area (Å²) in [5.41, 5.74) is 2.21. The summed E-state index contributed by atoms with van der Waals surface area (Å²) < 4.78 is 28.7. The van der Waals surface area contributed by atoms with Gasteiger partial charge in [-0.1, -0.05) is 23.4 Å². The Hall–Kier alpha value is -3.13. The van der Waals surface area contributed by atoms with Crippen LogP contribution in [0, 0.1) is 18.6 Å². The van der Waals surface area contributed by atoms with E-state index in [9.17, 15) is 13.6 Å². The molecule has 0 atom stereocenters. The molecule has 0 radical (unpaired) electrons. The molecule has 4 rings (SSSR count). The van der Waals surface area contributed by atoms with Crippen molar-refractivity contribution in [3.05, 3.63) is 77.1 Å². The highest BCUT2D eigenvalue weighted by atomic mass is 19.1. The number of nitrogens with zero attached hydrogens (tertiary/aromatic N) is 5. The Morgan fingerprint density at radius 1 is 1.00 bits per heavy atom. The molecule has 156 valence electrons. The predicted octanol–water partition coefficient (Wildman–Crippen LogP) is 3.20. The first-order valence-corrected chi connectivity index (χ1v) is 9.96. The number of hydrogen-bond donors (Lipinski definition) is 0. The summed E-state index contributed by atoms with van der Waals surface area (Å²) in [6.45, 7) is 4.89. The van der Waals surface area contributed by atoms with Crippen molar-refractivity contribution in [1.82, 2.24) is 24.8 Å². The zero-order valence-corrected chi connectivity index (χ0v) is 16.8. The molecular formula is C22H23F2N5O. The summed E-state index contributed by atoms with van der Waals surface area (Å²) in [6, 6.07) is 12.7. The van der Waals surface area contributed by atoms with E-state index in [0.29, 0.717) is 48.8 Å². The highest BCUT2D eigenvalue weighted by Gasteiger charge is 2.25. The molecule has 0 N–H and O–H groups in total. The second-order valence-corrected chi connectivity index (χ2v) is 7.42. The number of halogens is 2. The van der Waals surface area contributed by atoms with Crippen LogP contribution >= 0.6 is 0 Å². The lowest BCUT2D eigenvalue weighted by atomic mass is 10.2. The molecule has 1 saturated heterocycles. The van der Waals surface area contributed by atoms with Crippen molar-refractivity contribution in [3.8, 4) is 5.69 Å². The summed E-state index contributed by atoms with van der Waals surface area (Å²) >= 11 is 0. The second kappa shape index (κ2) is 8.71. The van der Waals surface area contributed by atoms with E-state index in [4.69, 9.17) is 0 Å². The molecule has 0 saturated carbocycles. The van der Waals surface area contributed by atoms with Crippen molar-refractivity contribution in [3.63, 3.8) is 0 Å². The average Bonchev–Trinajstić information content (AvgIpc) is 2.97. The van der Waals surface area contributed by atoms with Crippen molar-refractivity contribution in [2.24, 2.45) is 0 Å². The Bertz CT molecular complexity index is 1030. The van der Waals surface area contributed by atoms with Gasteiger partial charge in [0.25, 0.3) is 5.91 Å². The van der Waals surface area contributed by atoms with E-state index in [1.54, 1.807) is 36.1 Å².